The number of nitrogens with two attached hydrogens (primary N) is 1. The molecule has 0 atom stereocenters. The van der Waals surface area contributed by atoms with Crippen LogP contribution in [0.3, 0.4) is 0 Å². The van der Waals surface area contributed by atoms with Crippen molar-refractivity contribution >= 4 is 5.82 Å². The smallest absolute Gasteiger partial charge is 0.161 e. The Morgan fingerprint density at radius 2 is 1.64 bits per heavy atom. The van der Waals surface area contributed by atoms with Crippen molar-refractivity contribution in [2.75, 3.05) is 26.6 Å². The predicted octanol–water partition coefficient (Wildman–Crippen LogP) is 4.29. The quantitative estimate of drug-likeness (QED) is 0.691. The highest BCUT2D eigenvalue weighted by atomic mass is 16.5. The van der Waals surface area contributed by atoms with Crippen LogP contribution in [0.2, 0.25) is 0 Å². The first-order valence-corrected chi connectivity index (χ1v) is 8.77. The SMILES string of the molecule is CCOc1ccc(-c2cc(-c3ccc(OC)c(OC)c3)c(C#N)c(N)n2)cc1. The average Bonchev–Trinajstić information content (AvgIpc) is 2.73. The van der Waals surface area contributed by atoms with Gasteiger partial charge in [-0.3, -0.25) is 0 Å². The number of hydrogen-bond donors (Lipinski definition) is 1. The normalized spacial score (nSPS) is 10.2. The fourth-order valence-electron chi connectivity index (χ4n) is 2.95. The summed E-state index contributed by atoms with van der Waals surface area (Å²) in [6, 6.07) is 17.1. The molecular weight excluding hydrogens is 354 g/mol. The molecular formula is C22H21N3O3. The molecule has 2 aromatic carbocycles. The fraction of sp³-hybridized carbons (Fsp3) is 0.182. The Balaban J connectivity index is 2.12. The number of pyridine rings is 1. The minimum atomic E-state index is 0.179. The highest BCUT2D eigenvalue weighted by Crippen LogP contribution is 2.36. The molecule has 2 N–H and O–H groups in total. The lowest BCUT2D eigenvalue weighted by molar-refractivity contribution is 0.340. The molecule has 0 spiro atoms. The van der Waals surface area contributed by atoms with Crippen molar-refractivity contribution in [2.45, 2.75) is 6.92 Å². The number of anilines is 1. The van der Waals surface area contributed by atoms with Gasteiger partial charge in [0.25, 0.3) is 0 Å². The highest BCUT2D eigenvalue weighted by Gasteiger charge is 2.15. The minimum Gasteiger partial charge on any atom is -0.494 e. The maximum Gasteiger partial charge on any atom is 0.161 e. The van der Waals surface area contributed by atoms with E-state index >= 15 is 0 Å². The van der Waals surface area contributed by atoms with Gasteiger partial charge < -0.3 is 19.9 Å². The van der Waals surface area contributed by atoms with Crippen LogP contribution in [0.15, 0.2) is 48.5 Å². The van der Waals surface area contributed by atoms with Gasteiger partial charge in [-0.05, 0) is 55.0 Å². The van der Waals surface area contributed by atoms with Crippen LogP contribution in [-0.4, -0.2) is 25.8 Å². The van der Waals surface area contributed by atoms with E-state index in [4.69, 9.17) is 19.9 Å². The van der Waals surface area contributed by atoms with Crippen LogP contribution in [0.25, 0.3) is 22.4 Å². The maximum absolute atomic E-state index is 9.60. The van der Waals surface area contributed by atoms with Gasteiger partial charge in [-0.25, -0.2) is 4.98 Å². The topological polar surface area (TPSA) is 90.4 Å². The maximum atomic E-state index is 9.60. The predicted molar refractivity (Wildman–Crippen MR) is 109 cm³/mol. The minimum absolute atomic E-state index is 0.179. The summed E-state index contributed by atoms with van der Waals surface area (Å²) >= 11 is 0. The molecule has 0 radical (unpaired) electrons. The number of nitrogens with zero attached hydrogens (tertiary/aromatic N) is 2. The van der Waals surface area contributed by atoms with Crippen LogP contribution in [-0.2, 0) is 0 Å². The third-order valence-electron chi connectivity index (χ3n) is 4.31. The van der Waals surface area contributed by atoms with E-state index in [0.29, 0.717) is 34.9 Å². The molecule has 0 saturated carbocycles. The molecule has 142 valence electrons. The first-order valence-electron chi connectivity index (χ1n) is 8.77. The van der Waals surface area contributed by atoms with Crippen molar-refractivity contribution in [3.8, 4) is 45.7 Å². The van der Waals surface area contributed by atoms with Gasteiger partial charge in [-0.2, -0.15) is 5.26 Å². The molecule has 0 amide bonds. The van der Waals surface area contributed by atoms with Crippen molar-refractivity contribution in [3.05, 3.63) is 54.1 Å². The first kappa shape index (κ1) is 19.1. The molecule has 6 nitrogen and oxygen atoms in total. The lowest BCUT2D eigenvalue weighted by Gasteiger charge is -2.13. The summed E-state index contributed by atoms with van der Waals surface area (Å²) in [6.07, 6.45) is 0. The Bertz CT molecular complexity index is 1020. The molecule has 3 aromatic rings. The number of nitriles is 1. The van der Waals surface area contributed by atoms with Gasteiger partial charge in [0.05, 0.1) is 26.5 Å². The van der Waals surface area contributed by atoms with Crippen molar-refractivity contribution in [2.24, 2.45) is 0 Å². The van der Waals surface area contributed by atoms with E-state index < -0.39 is 0 Å². The van der Waals surface area contributed by atoms with E-state index in [1.165, 1.54) is 0 Å². The van der Waals surface area contributed by atoms with Gasteiger partial charge in [0.15, 0.2) is 11.5 Å². The molecule has 1 heterocycles. The molecule has 0 saturated heterocycles. The summed E-state index contributed by atoms with van der Waals surface area (Å²) in [7, 11) is 3.14. The number of rotatable bonds is 6. The molecule has 0 aliphatic carbocycles. The van der Waals surface area contributed by atoms with Crippen LogP contribution in [0.5, 0.6) is 17.2 Å². The van der Waals surface area contributed by atoms with Crippen molar-refractivity contribution in [1.82, 2.24) is 4.98 Å². The third-order valence-corrected chi connectivity index (χ3v) is 4.31. The Hall–Kier alpha value is -3.72. The van der Waals surface area contributed by atoms with E-state index in [2.05, 4.69) is 11.1 Å². The van der Waals surface area contributed by atoms with E-state index in [1.54, 1.807) is 20.3 Å². The highest BCUT2D eigenvalue weighted by molar-refractivity contribution is 5.81. The van der Waals surface area contributed by atoms with Gasteiger partial charge in [0.1, 0.15) is 23.2 Å². The van der Waals surface area contributed by atoms with Gasteiger partial charge in [-0.1, -0.05) is 6.07 Å². The second-order valence-corrected chi connectivity index (χ2v) is 5.95. The van der Waals surface area contributed by atoms with E-state index in [0.717, 1.165) is 16.9 Å². The Kier molecular flexibility index (Phi) is 5.66. The molecule has 0 bridgehead atoms. The number of ether oxygens (including phenoxy) is 3. The Morgan fingerprint density at radius 1 is 0.964 bits per heavy atom. The van der Waals surface area contributed by atoms with Gasteiger partial charge in [0, 0.05) is 11.1 Å². The largest absolute Gasteiger partial charge is 0.494 e. The van der Waals surface area contributed by atoms with Crippen LogP contribution < -0.4 is 19.9 Å². The summed E-state index contributed by atoms with van der Waals surface area (Å²) in [5.74, 6) is 2.15. The summed E-state index contributed by atoms with van der Waals surface area (Å²) in [5.41, 5.74) is 9.43. The molecule has 28 heavy (non-hydrogen) atoms. The number of nitrogen functional groups attached to an aromatic ring is 1. The summed E-state index contributed by atoms with van der Waals surface area (Å²) in [6.45, 7) is 2.54. The summed E-state index contributed by atoms with van der Waals surface area (Å²) in [4.78, 5) is 4.41. The Labute approximate surface area is 164 Å². The second-order valence-electron chi connectivity index (χ2n) is 5.95. The monoisotopic (exact) mass is 375 g/mol. The molecule has 1 aromatic heterocycles. The number of aromatic nitrogens is 1. The van der Waals surface area contributed by atoms with E-state index in [1.807, 2.05) is 49.4 Å². The molecule has 6 heteroatoms. The lowest BCUT2D eigenvalue weighted by Crippen LogP contribution is -2.00. The Morgan fingerprint density at radius 3 is 2.25 bits per heavy atom. The molecule has 0 aliphatic heterocycles. The third kappa shape index (κ3) is 3.69. The van der Waals surface area contributed by atoms with Gasteiger partial charge in [0.2, 0.25) is 0 Å². The summed E-state index contributed by atoms with van der Waals surface area (Å²) in [5, 5.41) is 9.60. The zero-order chi connectivity index (χ0) is 20.1. The average molecular weight is 375 g/mol. The molecule has 3 rings (SSSR count). The van der Waals surface area contributed by atoms with Crippen molar-refractivity contribution in [1.29, 1.82) is 5.26 Å². The number of methoxy groups -OCH3 is 2. The molecule has 0 unspecified atom stereocenters. The summed E-state index contributed by atoms with van der Waals surface area (Å²) < 4.78 is 16.2. The van der Waals surface area contributed by atoms with Crippen LogP contribution in [0.1, 0.15) is 12.5 Å². The zero-order valence-corrected chi connectivity index (χ0v) is 16.0. The lowest BCUT2D eigenvalue weighted by atomic mass is 9.98. The first-order chi connectivity index (χ1) is 13.6. The number of benzene rings is 2. The molecule has 0 aliphatic rings. The number of hydrogen-bond acceptors (Lipinski definition) is 6. The second kappa shape index (κ2) is 8.31. The molecule has 0 fully saturated rings. The van der Waals surface area contributed by atoms with Crippen molar-refractivity contribution < 1.29 is 14.2 Å². The van der Waals surface area contributed by atoms with Gasteiger partial charge >= 0.3 is 0 Å². The van der Waals surface area contributed by atoms with Crippen molar-refractivity contribution in [3.63, 3.8) is 0 Å². The zero-order valence-electron chi connectivity index (χ0n) is 16.0. The standard InChI is InChI=1S/C22H21N3O3/c1-4-28-16-8-5-14(6-9-16)19-12-17(18(13-23)22(24)25-19)15-7-10-20(26-2)21(11-15)27-3/h5-12H,4H2,1-3H3,(H2,24,25). The van der Waals surface area contributed by atoms with Crippen LogP contribution in [0, 0.1) is 11.3 Å². The van der Waals surface area contributed by atoms with Gasteiger partial charge in [-0.15, -0.1) is 0 Å². The van der Waals surface area contributed by atoms with E-state index in [-0.39, 0.29) is 5.82 Å². The van der Waals surface area contributed by atoms with E-state index in [9.17, 15) is 5.26 Å². The van der Waals surface area contributed by atoms with Crippen LogP contribution in [0.4, 0.5) is 5.82 Å². The fourth-order valence-corrected chi connectivity index (χ4v) is 2.95. The van der Waals surface area contributed by atoms with Crippen LogP contribution >= 0.6 is 0 Å².